The van der Waals surface area contributed by atoms with E-state index in [1.165, 1.54) is 29.3 Å². The van der Waals surface area contributed by atoms with Gasteiger partial charge in [-0.1, -0.05) is 30.0 Å². The maximum absolute atomic E-state index is 13.0. The fourth-order valence-electron chi connectivity index (χ4n) is 3.72. The average molecular weight is 424 g/mol. The molecule has 3 aromatic rings. The summed E-state index contributed by atoms with van der Waals surface area (Å²) in [7, 11) is 1.60. The first kappa shape index (κ1) is 20.6. The Labute approximate surface area is 179 Å². The monoisotopic (exact) mass is 423 g/mol. The molecule has 0 radical (unpaired) electrons. The smallest absolute Gasteiger partial charge is 0.262 e. The van der Waals surface area contributed by atoms with E-state index < -0.39 is 5.25 Å². The summed E-state index contributed by atoms with van der Waals surface area (Å²) in [6, 6.07) is 13.4. The molecular weight excluding hydrogens is 398 g/mol. The van der Waals surface area contributed by atoms with Crippen LogP contribution in [0.2, 0.25) is 0 Å². The van der Waals surface area contributed by atoms with Gasteiger partial charge in [-0.2, -0.15) is 0 Å². The molecule has 4 rings (SSSR count). The highest BCUT2D eigenvalue weighted by Gasteiger charge is 2.20. The van der Waals surface area contributed by atoms with Crippen LogP contribution < -0.4 is 10.9 Å². The summed E-state index contributed by atoms with van der Waals surface area (Å²) in [4.78, 5) is 30.4. The number of hydrogen-bond acceptors (Lipinski definition) is 5. The van der Waals surface area contributed by atoms with Crippen LogP contribution >= 0.6 is 11.8 Å². The number of nitrogens with zero attached hydrogens (tertiary/aromatic N) is 2. The number of rotatable bonds is 7. The highest BCUT2D eigenvalue weighted by atomic mass is 32.2. The number of methoxy groups -OCH3 is 1. The van der Waals surface area contributed by atoms with Crippen LogP contribution in [0.1, 0.15) is 24.5 Å². The Hall–Kier alpha value is -2.64. The predicted molar refractivity (Wildman–Crippen MR) is 120 cm³/mol. The molecule has 1 aliphatic rings. The van der Waals surface area contributed by atoms with Crippen LogP contribution in [-0.4, -0.2) is 34.4 Å². The number of aryl methyl sites for hydroxylation is 2. The number of ether oxygens (including phenoxy) is 1. The Morgan fingerprint density at radius 3 is 2.87 bits per heavy atom. The molecule has 2 aromatic carbocycles. The van der Waals surface area contributed by atoms with Gasteiger partial charge in [0.05, 0.1) is 29.3 Å². The van der Waals surface area contributed by atoms with Gasteiger partial charge in [-0.3, -0.25) is 14.2 Å². The minimum atomic E-state index is -0.417. The Morgan fingerprint density at radius 2 is 2.03 bits per heavy atom. The van der Waals surface area contributed by atoms with Crippen molar-refractivity contribution in [1.82, 2.24) is 9.55 Å². The summed E-state index contributed by atoms with van der Waals surface area (Å²) in [5.74, 6) is -0.112. The normalized spacial score (nSPS) is 13.9. The molecule has 30 heavy (non-hydrogen) atoms. The quantitative estimate of drug-likeness (QED) is 0.464. The zero-order valence-electron chi connectivity index (χ0n) is 17.2. The molecule has 1 atom stereocenters. The van der Waals surface area contributed by atoms with E-state index in [0.717, 1.165) is 18.5 Å². The average Bonchev–Trinajstić information content (AvgIpc) is 3.21. The third kappa shape index (κ3) is 4.27. The standard InChI is InChI=1S/C23H25N3O3S/c1-15(21(27)24-18-11-10-16-6-5-7-17(16)14-18)30-23-25-20-9-4-3-8-19(20)22(28)26(23)12-13-29-2/h3-4,8-11,14-15H,5-7,12-13H2,1-2H3,(H,24,27)/t15-/m0/s1. The van der Waals surface area contributed by atoms with Gasteiger partial charge >= 0.3 is 0 Å². The number of carbonyl (C=O) groups excluding carboxylic acids is 1. The van der Waals surface area contributed by atoms with Crippen molar-refractivity contribution in [2.24, 2.45) is 0 Å². The van der Waals surface area contributed by atoms with Gasteiger partial charge < -0.3 is 10.1 Å². The van der Waals surface area contributed by atoms with Gasteiger partial charge in [0.15, 0.2) is 5.16 Å². The third-order valence-corrected chi connectivity index (χ3v) is 6.45. The van der Waals surface area contributed by atoms with Crippen molar-refractivity contribution >= 4 is 34.3 Å². The molecule has 0 saturated carbocycles. The number of amides is 1. The molecular formula is C23H25N3O3S. The van der Waals surface area contributed by atoms with Crippen molar-refractivity contribution in [3.63, 3.8) is 0 Å². The topological polar surface area (TPSA) is 73.2 Å². The molecule has 0 saturated heterocycles. The first-order valence-electron chi connectivity index (χ1n) is 10.1. The van der Waals surface area contributed by atoms with Gasteiger partial charge in [0.25, 0.3) is 5.56 Å². The summed E-state index contributed by atoms with van der Waals surface area (Å²) < 4.78 is 6.75. The van der Waals surface area contributed by atoms with Gasteiger partial charge in [0.1, 0.15) is 0 Å². The Balaban J connectivity index is 1.56. The first-order valence-corrected chi connectivity index (χ1v) is 11.0. The van der Waals surface area contributed by atoms with Crippen molar-refractivity contribution in [3.8, 4) is 0 Å². The van der Waals surface area contributed by atoms with Gasteiger partial charge in [-0.25, -0.2) is 4.98 Å². The Bertz CT molecular complexity index is 1140. The zero-order chi connectivity index (χ0) is 21.1. The highest BCUT2D eigenvalue weighted by Crippen LogP contribution is 2.27. The fourth-order valence-corrected chi connectivity index (χ4v) is 4.66. The van der Waals surface area contributed by atoms with Gasteiger partial charge in [-0.05, 0) is 61.6 Å². The molecule has 0 aliphatic heterocycles. The molecule has 7 heteroatoms. The van der Waals surface area contributed by atoms with Crippen LogP contribution in [0.4, 0.5) is 5.69 Å². The number of aromatic nitrogens is 2. The first-order chi connectivity index (χ1) is 14.6. The maximum Gasteiger partial charge on any atom is 0.262 e. The van der Waals surface area contributed by atoms with Crippen LogP contribution in [0.3, 0.4) is 0 Å². The van der Waals surface area contributed by atoms with Crippen LogP contribution in [0.15, 0.2) is 52.4 Å². The van der Waals surface area contributed by atoms with E-state index in [4.69, 9.17) is 4.74 Å². The lowest BCUT2D eigenvalue weighted by Gasteiger charge is -2.16. The summed E-state index contributed by atoms with van der Waals surface area (Å²) in [5.41, 5.74) is 4.02. The van der Waals surface area contributed by atoms with Gasteiger partial charge in [0.2, 0.25) is 5.91 Å². The van der Waals surface area contributed by atoms with Crippen LogP contribution in [0.25, 0.3) is 10.9 Å². The van der Waals surface area contributed by atoms with Crippen molar-refractivity contribution < 1.29 is 9.53 Å². The molecule has 1 aromatic heterocycles. The number of benzene rings is 2. The number of para-hydroxylation sites is 1. The molecule has 1 heterocycles. The minimum Gasteiger partial charge on any atom is -0.383 e. The molecule has 1 amide bonds. The summed E-state index contributed by atoms with van der Waals surface area (Å²) in [6.45, 7) is 2.60. The molecule has 1 N–H and O–H groups in total. The Morgan fingerprint density at radius 1 is 1.23 bits per heavy atom. The SMILES string of the molecule is COCCn1c(S[C@@H](C)C(=O)Nc2ccc3c(c2)CCC3)nc2ccccc2c1=O. The summed E-state index contributed by atoms with van der Waals surface area (Å²) >= 11 is 1.29. The minimum absolute atomic E-state index is 0.112. The number of nitrogens with one attached hydrogen (secondary N) is 1. The lowest BCUT2D eigenvalue weighted by Crippen LogP contribution is -2.28. The van der Waals surface area contributed by atoms with E-state index in [1.807, 2.05) is 31.2 Å². The number of anilines is 1. The Kier molecular flexibility index (Phi) is 6.20. The number of hydrogen-bond donors (Lipinski definition) is 1. The van der Waals surface area contributed by atoms with E-state index >= 15 is 0 Å². The van der Waals surface area contributed by atoms with Gasteiger partial charge in [-0.15, -0.1) is 0 Å². The van der Waals surface area contributed by atoms with E-state index in [2.05, 4.69) is 22.4 Å². The van der Waals surface area contributed by atoms with Crippen LogP contribution in [-0.2, 0) is 28.9 Å². The van der Waals surface area contributed by atoms with E-state index in [9.17, 15) is 9.59 Å². The lowest BCUT2D eigenvalue weighted by molar-refractivity contribution is -0.115. The zero-order valence-corrected chi connectivity index (χ0v) is 18.0. The molecule has 1 aliphatic carbocycles. The molecule has 0 bridgehead atoms. The van der Waals surface area contributed by atoms with E-state index in [0.29, 0.717) is 29.2 Å². The van der Waals surface area contributed by atoms with Crippen molar-refractivity contribution in [2.75, 3.05) is 19.0 Å². The van der Waals surface area contributed by atoms with Crippen molar-refractivity contribution in [3.05, 3.63) is 63.9 Å². The predicted octanol–water partition coefficient (Wildman–Crippen LogP) is 3.65. The largest absolute Gasteiger partial charge is 0.383 e. The highest BCUT2D eigenvalue weighted by molar-refractivity contribution is 8.00. The second kappa shape index (κ2) is 9.02. The molecule has 6 nitrogen and oxygen atoms in total. The number of fused-ring (bicyclic) bond motifs is 2. The maximum atomic E-state index is 13.0. The number of carbonyl (C=O) groups is 1. The van der Waals surface area contributed by atoms with Crippen LogP contribution in [0, 0.1) is 0 Å². The molecule has 0 unspecified atom stereocenters. The second-order valence-electron chi connectivity index (χ2n) is 7.45. The molecule has 156 valence electrons. The third-order valence-electron chi connectivity index (χ3n) is 5.36. The summed E-state index contributed by atoms with van der Waals surface area (Å²) in [6.07, 6.45) is 3.35. The van der Waals surface area contributed by atoms with Crippen molar-refractivity contribution in [2.45, 2.75) is 43.1 Å². The lowest BCUT2D eigenvalue weighted by atomic mass is 10.1. The molecule has 0 fully saturated rings. The van der Waals surface area contributed by atoms with E-state index in [1.54, 1.807) is 17.7 Å². The summed E-state index contributed by atoms with van der Waals surface area (Å²) in [5, 5.41) is 3.67. The van der Waals surface area contributed by atoms with Gasteiger partial charge in [0, 0.05) is 12.8 Å². The van der Waals surface area contributed by atoms with Crippen molar-refractivity contribution in [1.29, 1.82) is 0 Å². The molecule has 0 spiro atoms. The van der Waals surface area contributed by atoms with E-state index in [-0.39, 0.29) is 11.5 Å². The number of thioether (sulfide) groups is 1. The fraction of sp³-hybridized carbons (Fsp3) is 0.348. The second-order valence-corrected chi connectivity index (χ2v) is 8.76. The van der Waals surface area contributed by atoms with Crippen LogP contribution in [0.5, 0.6) is 0 Å².